The van der Waals surface area contributed by atoms with Crippen LogP contribution < -0.4 is 5.32 Å². The molecular formula is C21H23ClN2O3. The van der Waals surface area contributed by atoms with Gasteiger partial charge < -0.3 is 20.4 Å². The molecule has 2 fully saturated rings. The van der Waals surface area contributed by atoms with E-state index < -0.39 is 0 Å². The third kappa shape index (κ3) is 3.89. The summed E-state index contributed by atoms with van der Waals surface area (Å²) in [4.78, 5) is 14.8. The van der Waals surface area contributed by atoms with Gasteiger partial charge in [0, 0.05) is 25.2 Å². The second kappa shape index (κ2) is 7.41. The Bertz CT molecular complexity index is 867. The number of likely N-dealkylation sites (tertiary alicyclic amines) is 1. The van der Waals surface area contributed by atoms with E-state index in [0.717, 1.165) is 31.0 Å². The summed E-state index contributed by atoms with van der Waals surface area (Å²) >= 11 is 5.94. The molecule has 2 aromatic rings. The van der Waals surface area contributed by atoms with Crippen molar-refractivity contribution in [2.24, 2.45) is 0 Å². The summed E-state index contributed by atoms with van der Waals surface area (Å²) in [5.41, 5.74) is 2.45. The van der Waals surface area contributed by atoms with Crippen LogP contribution in [0.1, 0.15) is 53.2 Å². The van der Waals surface area contributed by atoms with Gasteiger partial charge in [-0.2, -0.15) is 0 Å². The van der Waals surface area contributed by atoms with Crippen LogP contribution in [0.2, 0.25) is 5.02 Å². The average molecular weight is 387 g/mol. The van der Waals surface area contributed by atoms with Gasteiger partial charge in [-0.1, -0.05) is 35.9 Å². The number of benzene rings is 2. The number of amides is 1. The molecule has 0 spiro atoms. The van der Waals surface area contributed by atoms with E-state index in [2.05, 4.69) is 23.5 Å². The maximum absolute atomic E-state index is 13.0. The molecule has 1 unspecified atom stereocenters. The molecule has 6 heteroatoms. The van der Waals surface area contributed by atoms with Gasteiger partial charge in [0.1, 0.15) is 11.5 Å². The molecule has 5 nitrogen and oxygen atoms in total. The zero-order chi connectivity index (χ0) is 19.0. The van der Waals surface area contributed by atoms with Gasteiger partial charge in [0.2, 0.25) is 0 Å². The first-order chi connectivity index (χ1) is 13.0. The number of aromatic hydroxyl groups is 2. The number of halogens is 1. The molecule has 1 saturated carbocycles. The third-order valence-electron chi connectivity index (χ3n) is 5.32. The number of hydrogen-bond acceptors (Lipinski definition) is 4. The lowest BCUT2D eigenvalue weighted by atomic mass is 10.0. The van der Waals surface area contributed by atoms with Gasteiger partial charge in [-0.05, 0) is 42.9 Å². The highest BCUT2D eigenvalue weighted by molar-refractivity contribution is 6.32. The first-order valence-electron chi connectivity index (χ1n) is 9.37. The van der Waals surface area contributed by atoms with Crippen LogP contribution in [0.4, 0.5) is 0 Å². The third-order valence-corrected chi connectivity index (χ3v) is 5.62. The number of rotatable bonds is 5. The molecule has 0 radical (unpaired) electrons. The minimum absolute atomic E-state index is 0.0228. The Hall–Kier alpha value is -2.24. The second-order valence-electron chi connectivity index (χ2n) is 7.38. The number of nitrogens with one attached hydrogen (secondary N) is 1. The van der Waals surface area contributed by atoms with E-state index in [1.165, 1.54) is 24.5 Å². The molecule has 1 amide bonds. The summed E-state index contributed by atoms with van der Waals surface area (Å²) in [6.45, 7) is 1.47. The van der Waals surface area contributed by atoms with Crippen molar-refractivity contribution >= 4 is 17.5 Å². The highest BCUT2D eigenvalue weighted by Crippen LogP contribution is 2.37. The summed E-state index contributed by atoms with van der Waals surface area (Å²) in [5, 5.41) is 23.3. The smallest absolute Gasteiger partial charge is 0.258 e. The number of nitrogens with zero attached hydrogens (tertiary/aromatic N) is 1. The van der Waals surface area contributed by atoms with Crippen LogP contribution in [0, 0.1) is 0 Å². The fraction of sp³-hybridized carbons (Fsp3) is 0.381. The van der Waals surface area contributed by atoms with Crippen LogP contribution >= 0.6 is 11.6 Å². The predicted molar refractivity (Wildman–Crippen MR) is 104 cm³/mol. The van der Waals surface area contributed by atoms with E-state index in [9.17, 15) is 15.0 Å². The van der Waals surface area contributed by atoms with Gasteiger partial charge in [0.15, 0.2) is 0 Å². The fourth-order valence-electron chi connectivity index (χ4n) is 3.69. The normalized spacial score (nSPS) is 19.4. The Balaban J connectivity index is 1.56. The fourth-order valence-corrected chi connectivity index (χ4v) is 3.86. The summed E-state index contributed by atoms with van der Waals surface area (Å²) in [5.74, 6) is -0.757. The molecule has 0 bridgehead atoms. The van der Waals surface area contributed by atoms with Crippen molar-refractivity contribution in [3.05, 3.63) is 58.1 Å². The van der Waals surface area contributed by atoms with E-state index in [4.69, 9.17) is 11.6 Å². The molecule has 4 rings (SSSR count). The number of carbonyl (C=O) groups is 1. The standard InChI is InChI=1S/C21H23ClN2O3/c22-17-10-16(19(25)11-20(17)26)21(27)24-8-2-5-18(24)14-4-1-3-13(9-14)12-23-15-6-7-15/h1,3-4,9-11,15,18,23,25-26H,2,5-8,12H2. The molecule has 1 aliphatic heterocycles. The van der Waals surface area contributed by atoms with Crippen LogP contribution in [-0.4, -0.2) is 33.6 Å². The van der Waals surface area contributed by atoms with Crippen LogP contribution in [0.5, 0.6) is 11.5 Å². The molecule has 2 aliphatic rings. The second-order valence-corrected chi connectivity index (χ2v) is 7.78. The zero-order valence-corrected chi connectivity index (χ0v) is 15.7. The van der Waals surface area contributed by atoms with E-state index in [1.807, 2.05) is 6.07 Å². The number of phenols is 2. The molecule has 3 N–H and O–H groups in total. The molecule has 1 atom stereocenters. The van der Waals surface area contributed by atoms with Crippen molar-refractivity contribution in [1.82, 2.24) is 10.2 Å². The van der Waals surface area contributed by atoms with E-state index in [1.54, 1.807) is 4.90 Å². The van der Waals surface area contributed by atoms with Crippen molar-refractivity contribution in [2.45, 2.75) is 44.3 Å². The summed E-state index contributed by atoms with van der Waals surface area (Å²) in [6, 6.07) is 11.4. The van der Waals surface area contributed by atoms with Crippen LogP contribution in [0.15, 0.2) is 36.4 Å². The van der Waals surface area contributed by atoms with Gasteiger partial charge in [-0.15, -0.1) is 0 Å². The van der Waals surface area contributed by atoms with Crippen molar-refractivity contribution < 1.29 is 15.0 Å². The van der Waals surface area contributed by atoms with Crippen molar-refractivity contribution in [2.75, 3.05) is 6.54 Å². The molecule has 0 aromatic heterocycles. The quantitative estimate of drug-likeness (QED) is 0.726. The lowest BCUT2D eigenvalue weighted by Gasteiger charge is -2.26. The summed E-state index contributed by atoms with van der Waals surface area (Å²) < 4.78 is 0. The van der Waals surface area contributed by atoms with Crippen molar-refractivity contribution in [3.63, 3.8) is 0 Å². The van der Waals surface area contributed by atoms with Gasteiger partial charge in [0.25, 0.3) is 5.91 Å². The predicted octanol–water partition coefficient (Wildman–Crippen LogP) is 3.98. The van der Waals surface area contributed by atoms with E-state index in [0.29, 0.717) is 12.6 Å². The average Bonchev–Trinajstić information content (AvgIpc) is 3.36. The molecule has 1 saturated heterocycles. The van der Waals surface area contributed by atoms with Gasteiger partial charge in [0.05, 0.1) is 16.6 Å². The van der Waals surface area contributed by atoms with Crippen molar-refractivity contribution in [1.29, 1.82) is 0 Å². The Kier molecular flexibility index (Phi) is 4.98. The van der Waals surface area contributed by atoms with Crippen LogP contribution in [-0.2, 0) is 6.54 Å². The number of phenolic OH excluding ortho intramolecular Hbond substituents is 2. The Morgan fingerprint density at radius 1 is 1.15 bits per heavy atom. The lowest BCUT2D eigenvalue weighted by Crippen LogP contribution is -2.30. The topological polar surface area (TPSA) is 72.8 Å². The molecule has 2 aromatic carbocycles. The molecule has 1 heterocycles. The van der Waals surface area contributed by atoms with Crippen LogP contribution in [0.25, 0.3) is 0 Å². The first kappa shape index (κ1) is 18.1. The summed E-state index contributed by atoms with van der Waals surface area (Å²) in [6.07, 6.45) is 4.30. The van der Waals surface area contributed by atoms with Gasteiger partial charge >= 0.3 is 0 Å². The largest absolute Gasteiger partial charge is 0.507 e. The number of carbonyl (C=O) groups excluding carboxylic acids is 1. The minimum Gasteiger partial charge on any atom is -0.507 e. The van der Waals surface area contributed by atoms with Crippen LogP contribution in [0.3, 0.4) is 0 Å². The Morgan fingerprint density at radius 3 is 2.74 bits per heavy atom. The molecule has 27 heavy (non-hydrogen) atoms. The van der Waals surface area contributed by atoms with E-state index >= 15 is 0 Å². The van der Waals surface area contributed by atoms with Gasteiger partial charge in [-0.25, -0.2) is 0 Å². The van der Waals surface area contributed by atoms with Gasteiger partial charge in [-0.3, -0.25) is 4.79 Å². The maximum atomic E-state index is 13.0. The molecule has 142 valence electrons. The number of hydrogen-bond donors (Lipinski definition) is 3. The lowest BCUT2D eigenvalue weighted by molar-refractivity contribution is 0.0732. The SMILES string of the molecule is O=C(c1cc(Cl)c(O)cc1O)N1CCCC1c1cccc(CNC2CC2)c1. The highest BCUT2D eigenvalue weighted by Gasteiger charge is 2.32. The first-order valence-corrected chi connectivity index (χ1v) is 9.75. The van der Waals surface area contributed by atoms with E-state index in [-0.39, 0.29) is 34.0 Å². The molecule has 1 aliphatic carbocycles. The summed E-state index contributed by atoms with van der Waals surface area (Å²) in [7, 11) is 0. The Labute approximate surface area is 163 Å². The van der Waals surface area contributed by atoms with Crippen molar-refractivity contribution in [3.8, 4) is 11.5 Å². The Morgan fingerprint density at radius 2 is 1.96 bits per heavy atom. The zero-order valence-electron chi connectivity index (χ0n) is 15.0. The maximum Gasteiger partial charge on any atom is 0.258 e. The molecular weight excluding hydrogens is 364 g/mol. The monoisotopic (exact) mass is 386 g/mol. The minimum atomic E-state index is -0.265. The highest BCUT2D eigenvalue weighted by atomic mass is 35.5.